The van der Waals surface area contributed by atoms with Crippen molar-refractivity contribution in [2.24, 2.45) is 0 Å². The number of unbranched alkanes of at least 4 members (excludes halogenated alkanes) is 30. The molecule has 0 saturated heterocycles. The van der Waals surface area contributed by atoms with Crippen molar-refractivity contribution in [3.8, 4) is 0 Å². The maximum atomic E-state index is 10.3. The van der Waals surface area contributed by atoms with Gasteiger partial charge in [-0.1, -0.05) is 206 Å². The summed E-state index contributed by atoms with van der Waals surface area (Å²) in [4.78, 5) is 12.4. The topological polar surface area (TPSA) is 81.0 Å². The molecule has 3 N–H and O–H groups in total. The fourth-order valence-electron chi connectivity index (χ4n) is 6.33. The molecular weight excluding hydrogens is 570 g/mol. The highest BCUT2D eigenvalue weighted by Gasteiger charge is 2.03. The molecule has 0 bridgehead atoms. The zero-order chi connectivity index (χ0) is 34.0. The van der Waals surface area contributed by atoms with E-state index in [1.54, 1.807) is 0 Å². The lowest BCUT2D eigenvalue weighted by Gasteiger charge is -2.19. The molecule has 5 nitrogen and oxygen atoms in total. The number of rotatable bonds is 38. The Labute approximate surface area is 289 Å². The van der Waals surface area contributed by atoms with E-state index in [9.17, 15) is 4.79 Å². The van der Waals surface area contributed by atoms with Gasteiger partial charge in [-0.05, 0) is 19.4 Å². The quantitative estimate of drug-likeness (QED) is 0.0577. The smallest absolute Gasteiger partial charge is 0.303 e. The van der Waals surface area contributed by atoms with Gasteiger partial charge in [0.15, 0.2) is 0 Å². The van der Waals surface area contributed by atoms with E-state index in [2.05, 4.69) is 18.7 Å². The van der Waals surface area contributed by atoms with Crippen LogP contribution in [0.15, 0.2) is 0 Å². The van der Waals surface area contributed by atoms with E-state index in [-0.39, 0.29) is 13.2 Å². The molecule has 0 atom stereocenters. The molecule has 0 unspecified atom stereocenters. The summed E-state index contributed by atoms with van der Waals surface area (Å²) in [5.74, 6) is -0.655. The van der Waals surface area contributed by atoms with Gasteiger partial charge < -0.3 is 15.3 Å². The van der Waals surface area contributed by atoms with Gasteiger partial charge in [0.05, 0.1) is 13.2 Å². The number of carboxylic acid groups (broad SMARTS) is 1. The number of aliphatic hydroxyl groups excluding tert-OH is 2. The van der Waals surface area contributed by atoms with E-state index >= 15 is 0 Å². The second-order valence-corrected chi connectivity index (χ2v) is 14.0. The summed E-state index contributed by atoms with van der Waals surface area (Å²) < 4.78 is 0. The summed E-state index contributed by atoms with van der Waals surface area (Å²) in [7, 11) is 0. The van der Waals surface area contributed by atoms with Crippen LogP contribution in [0.2, 0.25) is 0 Å². The Hall–Kier alpha value is -0.650. The van der Waals surface area contributed by atoms with Crippen LogP contribution in [0.3, 0.4) is 0 Å². The number of nitrogens with zero attached hydrogens (tertiary/aromatic N) is 1. The van der Waals surface area contributed by atoms with Crippen LogP contribution in [-0.4, -0.2) is 59.0 Å². The van der Waals surface area contributed by atoms with Crippen molar-refractivity contribution < 1.29 is 20.1 Å². The Morgan fingerprint density at radius 2 is 0.609 bits per heavy atom. The molecule has 0 heterocycles. The third kappa shape index (κ3) is 45.5. The van der Waals surface area contributed by atoms with Gasteiger partial charge in [-0.3, -0.25) is 9.69 Å². The van der Waals surface area contributed by atoms with Crippen LogP contribution in [0.1, 0.15) is 226 Å². The molecular formula is C41H85NO4. The van der Waals surface area contributed by atoms with E-state index in [0.29, 0.717) is 19.5 Å². The van der Waals surface area contributed by atoms with Crippen molar-refractivity contribution >= 4 is 5.97 Å². The van der Waals surface area contributed by atoms with E-state index in [1.165, 1.54) is 193 Å². The van der Waals surface area contributed by atoms with Crippen LogP contribution >= 0.6 is 0 Å². The number of aliphatic carboxylic acids is 1. The molecule has 0 rings (SSSR count). The Balaban J connectivity index is 0. The normalized spacial score (nSPS) is 11.2. The average molecular weight is 656 g/mol. The van der Waals surface area contributed by atoms with Crippen LogP contribution in [0, 0.1) is 0 Å². The SMILES string of the molecule is CCCCCCCCCCCCCCC(=O)O.CCCCCCCCCCCCCCCCCCCCCCN(CCO)CCO. The highest BCUT2D eigenvalue weighted by atomic mass is 16.4. The minimum Gasteiger partial charge on any atom is -0.481 e. The molecule has 0 aromatic carbocycles. The highest BCUT2D eigenvalue weighted by molar-refractivity contribution is 5.66. The van der Waals surface area contributed by atoms with Crippen molar-refractivity contribution in [2.45, 2.75) is 226 Å². The molecule has 0 amide bonds. The number of hydrogen-bond donors (Lipinski definition) is 3. The first kappa shape index (κ1) is 47.5. The summed E-state index contributed by atoms with van der Waals surface area (Å²) in [5, 5.41) is 26.5. The van der Waals surface area contributed by atoms with Crippen molar-refractivity contribution in [3.05, 3.63) is 0 Å². The van der Waals surface area contributed by atoms with Gasteiger partial charge in [0, 0.05) is 19.5 Å². The third-order valence-electron chi connectivity index (χ3n) is 9.40. The van der Waals surface area contributed by atoms with E-state index < -0.39 is 5.97 Å². The van der Waals surface area contributed by atoms with E-state index in [4.69, 9.17) is 15.3 Å². The predicted octanol–water partition coefficient (Wildman–Crippen LogP) is 12.3. The highest BCUT2D eigenvalue weighted by Crippen LogP contribution is 2.15. The second kappa shape index (κ2) is 44.4. The van der Waals surface area contributed by atoms with Gasteiger partial charge in [0.2, 0.25) is 0 Å². The summed E-state index contributed by atoms with van der Waals surface area (Å²) in [6, 6.07) is 0. The molecule has 0 aliphatic carbocycles. The molecule has 0 fully saturated rings. The van der Waals surface area contributed by atoms with Crippen LogP contribution in [-0.2, 0) is 4.79 Å². The number of aliphatic hydroxyl groups is 2. The average Bonchev–Trinajstić information content (AvgIpc) is 3.04. The summed E-state index contributed by atoms with van der Waals surface area (Å²) in [5.41, 5.74) is 0. The minimum atomic E-state index is -0.655. The fraction of sp³-hybridized carbons (Fsp3) is 0.976. The molecule has 0 radical (unpaired) electrons. The van der Waals surface area contributed by atoms with Gasteiger partial charge in [-0.15, -0.1) is 0 Å². The first-order valence-corrected chi connectivity index (χ1v) is 20.8. The van der Waals surface area contributed by atoms with Gasteiger partial charge in [-0.2, -0.15) is 0 Å². The molecule has 278 valence electrons. The third-order valence-corrected chi connectivity index (χ3v) is 9.40. The van der Waals surface area contributed by atoms with Crippen molar-refractivity contribution in [1.29, 1.82) is 0 Å². The lowest BCUT2D eigenvalue weighted by Crippen LogP contribution is -2.30. The lowest BCUT2D eigenvalue weighted by atomic mass is 10.0. The number of hydrogen-bond acceptors (Lipinski definition) is 4. The standard InChI is InChI=1S/C26H55NO2.C15H30O2/c1-2-3-4-5-6-7-8-9-10-11-12-13-14-15-16-17-18-19-20-21-22-27(23-25-28)24-26-29;1-2-3-4-5-6-7-8-9-10-11-12-13-14-15(16)17/h28-29H,2-26H2,1H3;2-14H2,1H3,(H,16,17). The van der Waals surface area contributed by atoms with Gasteiger partial charge >= 0.3 is 5.97 Å². The van der Waals surface area contributed by atoms with Crippen LogP contribution in [0.25, 0.3) is 0 Å². The van der Waals surface area contributed by atoms with Crippen molar-refractivity contribution in [1.82, 2.24) is 4.90 Å². The molecule has 0 aliphatic rings. The summed E-state index contributed by atoms with van der Waals surface area (Å²) in [6.45, 7) is 7.34. The monoisotopic (exact) mass is 656 g/mol. The molecule has 0 aliphatic heterocycles. The zero-order valence-corrected chi connectivity index (χ0v) is 31.6. The van der Waals surface area contributed by atoms with E-state index in [0.717, 1.165) is 19.4 Å². The zero-order valence-electron chi connectivity index (χ0n) is 31.6. The van der Waals surface area contributed by atoms with Gasteiger partial charge in [0.1, 0.15) is 0 Å². The van der Waals surface area contributed by atoms with Crippen LogP contribution < -0.4 is 0 Å². The molecule has 0 spiro atoms. The van der Waals surface area contributed by atoms with Crippen molar-refractivity contribution in [2.75, 3.05) is 32.8 Å². The molecule has 5 heteroatoms. The van der Waals surface area contributed by atoms with Crippen LogP contribution in [0.4, 0.5) is 0 Å². The fourth-order valence-corrected chi connectivity index (χ4v) is 6.33. The van der Waals surface area contributed by atoms with Crippen molar-refractivity contribution in [3.63, 3.8) is 0 Å². The Bertz CT molecular complexity index is 539. The summed E-state index contributed by atoms with van der Waals surface area (Å²) in [6.07, 6.45) is 44.1. The molecule has 46 heavy (non-hydrogen) atoms. The second-order valence-electron chi connectivity index (χ2n) is 14.0. The number of carbonyl (C=O) groups is 1. The van der Waals surface area contributed by atoms with Gasteiger partial charge in [-0.25, -0.2) is 0 Å². The Morgan fingerprint density at radius 3 is 0.848 bits per heavy atom. The maximum absolute atomic E-state index is 10.3. The maximum Gasteiger partial charge on any atom is 0.303 e. The molecule has 0 saturated carbocycles. The first-order chi connectivity index (χ1) is 22.6. The summed E-state index contributed by atoms with van der Waals surface area (Å²) >= 11 is 0. The predicted molar refractivity (Wildman–Crippen MR) is 202 cm³/mol. The molecule has 0 aromatic heterocycles. The minimum absolute atomic E-state index is 0.194. The van der Waals surface area contributed by atoms with E-state index in [1.807, 2.05) is 0 Å². The first-order valence-electron chi connectivity index (χ1n) is 20.8. The lowest BCUT2D eigenvalue weighted by molar-refractivity contribution is -0.137. The Morgan fingerprint density at radius 1 is 0.370 bits per heavy atom. The van der Waals surface area contributed by atoms with Crippen LogP contribution in [0.5, 0.6) is 0 Å². The largest absolute Gasteiger partial charge is 0.481 e. The Kier molecular flexibility index (Phi) is 45.8. The van der Waals surface area contributed by atoms with Gasteiger partial charge in [0.25, 0.3) is 0 Å². The number of carboxylic acids is 1. The molecule has 0 aromatic rings.